The van der Waals surface area contributed by atoms with Gasteiger partial charge in [-0.15, -0.1) is 23.5 Å². The van der Waals surface area contributed by atoms with Gasteiger partial charge in [-0.3, -0.25) is 0 Å². The zero-order chi connectivity index (χ0) is 23.1. The predicted molar refractivity (Wildman–Crippen MR) is 137 cm³/mol. The zero-order valence-corrected chi connectivity index (χ0v) is 20.9. The van der Waals surface area contributed by atoms with E-state index in [0.29, 0.717) is 16.7 Å². The molecule has 7 heteroatoms. The highest BCUT2D eigenvalue weighted by molar-refractivity contribution is 8.16. The van der Waals surface area contributed by atoms with Crippen LogP contribution in [0.5, 0.6) is 0 Å². The van der Waals surface area contributed by atoms with E-state index in [2.05, 4.69) is 54.8 Å². The number of carbonyl (C=O) groups excluding carboxylic acids is 1. The first-order chi connectivity index (χ1) is 15.6. The maximum absolute atomic E-state index is 12.4. The molecule has 3 aromatic rings. The van der Waals surface area contributed by atoms with E-state index in [4.69, 9.17) is 9.57 Å². The number of ether oxygens (including phenoxy) is 1. The van der Waals surface area contributed by atoms with E-state index < -0.39 is 5.97 Å². The molecule has 0 atom stereocenters. The maximum atomic E-state index is 12.4. The van der Waals surface area contributed by atoms with Crippen LogP contribution in [0, 0.1) is 6.92 Å². The van der Waals surface area contributed by atoms with Gasteiger partial charge in [0.05, 0.1) is 11.7 Å². The van der Waals surface area contributed by atoms with Crippen molar-refractivity contribution in [2.45, 2.75) is 31.9 Å². The van der Waals surface area contributed by atoms with Gasteiger partial charge in [0.25, 0.3) is 0 Å². The van der Waals surface area contributed by atoms with Gasteiger partial charge in [0.1, 0.15) is 7.11 Å². The number of benzene rings is 2. The Labute approximate surface area is 198 Å². The summed E-state index contributed by atoms with van der Waals surface area (Å²) in [7, 11) is 2.78. The normalized spacial score (nSPS) is 11.9. The first-order valence-corrected chi connectivity index (χ1v) is 12.8. The van der Waals surface area contributed by atoms with Gasteiger partial charge in [-0.05, 0) is 30.1 Å². The zero-order valence-electron chi connectivity index (χ0n) is 19.3. The van der Waals surface area contributed by atoms with E-state index in [1.807, 2.05) is 47.8 Å². The highest BCUT2D eigenvalue weighted by Gasteiger charge is 2.24. The number of rotatable bonds is 10. The quantitative estimate of drug-likeness (QED) is 0.157. The van der Waals surface area contributed by atoms with Gasteiger partial charge >= 0.3 is 5.97 Å². The van der Waals surface area contributed by atoms with Crippen molar-refractivity contribution in [2.24, 2.45) is 5.16 Å². The fourth-order valence-electron chi connectivity index (χ4n) is 3.92. The summed E-state index contributed by atoms with van der Waals surface area (Å²) in [5, 5.41) is 5.25. The summed E-state index contributed by atoms with van der Waals surface area (Å²) >= 11 is 3.95. The van der Waals surface area contributed by atoms with Gasteiger partial charge in [-0.1, -0.05) is 61.5 Å². The Morgan fingerprint density at radius 3 is 2.34 bits per heavy atom. The van der Waals surface area contributed by atoms with Crippen molar-refractivity contribution in [1.29, 1.82) is 0 Å². The molecule has 0 saturated heterocycles. The van der Waals surface area contributed by atoms with Gasteiger partial charge in [-0.2, -0.15) is 0 Å². The molecule has 1 aromatic heterocycles. The van der Waals surface area contributed by atoms with Crippen LogP contribution in [0.15, 0.2) is 53.7 Å². The van der Waals surface area contributed by atoms with E-state index in [9.17, 15) is 4.79 Å². The van der Waals surface area contributed by atoms with Crippen molar-refractivity contribution < 1.29 is 14.4 Å². The van der Waals surface area contributed by atoms with E-state index in [-0.39, 0.29) is 5.71 Å². The fraction of sp³-hybridized carbons (Fsp3) is 0.360. The maximum Gasteiger partial charge on any atom is 0.360 e. The van der Waals surface area contributed by atoms with E-state index >= 15 is 0 Å². The molecule has 3 rings (SSSR count). The SMILES string of the molecule is CCSC(SCC)c1c(C)n(Cc2ccccc2C(=NOC)C(=O)OC)c2ccccc12. The number of carbonyl (C=O) groups is 1. The van der Waals surface area contributed by atoms with Crippen LogP contribution in [-0.4, -0.2) is 42.0 Å². The molecule has 0 radical (unpaired) electrons. The summed E-state index contributed by atoms with van der Waals surface area (Å²) in [6.45, 7) is 7.23. The Balaban J connectivity index is 2.15. The minimum Gasteiger partial charge on any atom is -0.464 e. The summed E-state index contributed by atoms with van der Waals surface area (Å²) in [5.41, 5.74) is 5.68. The van der Waals surface area contributed by atoms with Crippen LogP contribution in [0.4, 0.5) is 0 Å². The highest BCUT2D eigenvalue weighted by atomic mass is 32.2. The molecular weight excluding hydrogens is 440 g/mol. The molecule has 0 bridgehead atoms. The van der Waals surface area contributed by atoms with Crippen molar-refractivity contribution in [2.75, 3.05) is 25.7 Å². The Hall–Kier alpha value is -2.38. The summed E-state index contributed by atoms with van der Waals surface area (Å²) in [5.74, 6) is 1.61. The summed E-state index contributed by atoms with van der Waals surface area (Å²) in [6.07, 6.45) is 0. The van der Waals surface area contributed by atoms with Crippen molar-refractivity contribution >= 4 is 46.1 Å². The topological polar surface area (TPSA) is 52.8 Å². The lowest BCUT2D eigenvalue weighted by Gasteiger charge is -2.17. The Kier molecular flexibility index (Phi) is 8.70. The smallest absolute Gasteiger partial charge is 0.360 e. The average molecular weight is 471 g/mol. The van der Waals surface area contributed by atoms with E-state index in [1.54, 1.807) is 0 Å². The molecule has 170 valence electrons. The second kappa shape index (κ2) is 11.5. The standard InChI is InChI=1S/C25H30N2O3S2/c1-6-31-25(32-7-2)22-17(3)27(21-15-11-10-14-20(21)22)16-18-12-8-9-13-19(18)23(26-30-5)24(28)29-4/h8-15,25H,6-7,16H2,1-5H3. The first kappa shape index (κ1) is 24.3. The third kappa shape index (κ3) is 4.99. The molecule has 0 unspecified atom stereocenters. The van der Waals surface area contributed by atoms with Crippen molar-refractivity contribution in [1.82, 2.24) is 4.57 Å². The predicted octanol–water partition coefficient (Wildman–Crippen LogP) is 6.03. The molecule has 0 N–H and O–H groups in total. The lowest BCUT2D eigenvalue weighted by molar-refractivity contribution is -0.132. The third-order valence-electron chi connectivity index (χ3n) is 5.31. The average Bonchev–Trinajstić information content (AvgIpc) is 3.08. The van der Waals surface area contributed by atoms with Crippen molar-refractivity contribution in [3.05, 3.63) is 70.9 Å². The van der Waals surface area contributed by atoms with Gasteiger partial charge in [0, 0.05) is 34.3 Å². The number of hydrogen-bond acceptors (Lipinski definition) is 6. The minimum atomic E-state index is -0.521. The number of thioether (sulfide) groups is 2. The fourth-order valence-corrected chi connectivity index (χ4v) is 6.66. The number of para-hydroxylation sites is 1. The number of nitrogens with zero attached hydrogens (tertiary/aromatic N) is 2. The molecule has 32 heavy (non-hydrogen) atoms. The molecule has 0 amide bonds. The second-order valence-corrected chi connectivity index (χ2v) is 10.2. The van der Waals surface area contributed by atoms with Gasteiger partial charge in [0.2, 0.25) is 0 Å². The van der Waals surface area contributed by atoms with Crippen LogP contribution in [0.2, 0.25) is 0 Å². The molecule has 0 aliphatic rings. The van der Waals surface area contributed by atoms with Crippen LogP contribution in [0.3, 0.4) is 0 Å². The first-order valence-electron chi connectivity index (χ1n) is 10.7. The van der Waals surface area contributed by atoms with Crippen LogP contribution < -0.4 is 0 Å². The van der Waals surface area contributed by atoms with E-state index in [0.717, 1.165) is 17.1 Å². The summed E-state index contributed by atoms with van der Waals surface area (Å²) in [4.78, 5) is 17.3. The minimum absolute atomic E-state index is 0.167. The highest BCUT2D eigenvalue weighted by Crippen LogP contribution is 2.45. The Morgan fingerprint density at radius 2 is 1.69 bits per heavy atom. The third-order valence-corrected chi connectivity index (χ3v) is 7.87. The number of oxime groups is 1. The van der Waals surface area contributed by atoms with Crippen molar-refractivity contribution in [3.63, 3.8) is 0 Å². The number of fused-ring (bicyclic) bond motifs is 1. The van der Waals surface area contributed by atoms with Crippen LogP contribution >= 0.6 is 23.5 Å². The molecule has 0 fully saturated rings. The molecule has 5 nitrogen and oxygen atoms in total. The van der Waals surface area contributed by atoms with Crippen LogP contribution in [0.1, 0.15) is 40.8 Å². The summed E-state index contributed by atoms with van der Waals surface area (Å²) in [6, 6.07) is 16.3. The summed E-state index contributed by atoms with van der Waals surface area (Å²) < 4.78 is 7.67. The largest absolute Gasteiger partial charge is 0.464 e. The molecule has 2 aromatic carbocycles. The molecule has 0 aliphatic heterocycles. The number of hydrogen-bond donors (Lipinski definition) is 0. The Morgan fingerprint density at radius 1 is 1.03 bits per heavy atom. The number of aromatic nitrogens is 1. The molecule has 0 aliphatic carbocycles. The van der Waals surface area contributed by atoms with Crippen LogP contribution in [-0.2, 0) is 20.9 Å². The van der Waals surface area contributed by atoms with E-state index in [1.165, 1.54) is 36.4 Å². The lowest BCUT2D eigenvalue weighted by atomic mass is 10.0. The van der Waals surface area contributed by atoms with Gasteiger partial charge in [0.15, 0.2) is 5.71 Å². The van der Waals surface area contributed by atoms with Crippen LogP contribution in [0.25, 0.3) is 10.9 Å². The molecule has 1 heterocycles. The molecular formula is C25H30N2O3S2. The number of methoxy groups -OCH3 is 1. The van der Waals surface area contributed by atoms with Gasteiger partial charge < -0.3 is 14.1 Å². The second-order valence-electron chi connectivity index (χ2n) is 7.12. The Bertz CT molecular complexity index is 1100. The number of esters is 1. The monoisotopic (exact) mass is 470 g/mol. The lowest BCUT2D eigenvalue weighted by Crippen LogP contribution is -2.20. The van der Waals surface area contributed by atoms with Crippen molar-refractivity contribution in [3.8, 4) is 0 Å². The molecule has 0 saturated carbocycles. The molecule has 0 spiro atoms. The van der Waals surface area contributed by atoms with Gasteiger partial charge in [-0.25, -0.2) is 4.79 Å².